The molecule has 1 aliphatic heterocycles. The number of amides is 2. The molecule has 1 aromatic heterocycles. The summed E-state index contributed by atoms with van der Waals surface area (Å²) in [5.41, 5.74) is 2.71. The number of sulfonamides is 1. The molecule has 0 aliphatic carbocycles. The third-order valence-corrected chi connectivity index (χ3v) is 8.92. The van der Waals surface area contributed by atoms with Gasteiger partial charge in [0.15, 0.2) is 5.58 Å². The summed E-state index contributed by atoms with van der Waals surface area (Å²) in [6.07, 6.45) is -0.359. The van der Waals surface area contributed by atoms with Crippen LogP contribution in [0.3, 0.4) is 0 Å². The van der Waals surface area contributed by atoms with Gasteiger partial charge in [-0.1, -0.05) is 24.3 Å². The summed E-state index contributed by atoms with van der Waals surface area (Å²) >= 11 is 0. The van der Waals surface area contributed by atoms with Gasteiger partial charge in [0, 0.05) is 12.1 Å². The fourth-order valence-electron chi connectivity index (χ4n) is 4.88. The second-order valence-electron chi connectivity index (χ2n) is 9.67. The van der Waals surface area contributed by atoms with Gasteiger partial charge in [-0.2, -0.15) is 4.31 Å². The summed E-state index contributed by atoms with van der Waals surface area (Å²) in [7, 11) is -2.81. The Morgan fingerprint density at radius 2 is 1.64 bits per heavy atom. The number of nitrogens with zero attached hydrogens (tertiary/aromatic N) is 3. The molecule has 1 unspecified atom stereocenters. The van der Waals surface area contributed by atoms with Crippen molar-refractivity contribution in [2.45, 2.75) is 23.9 Å². The highest BCUT2D eigenvalue weighted by atomic mass is 32.2. The van der Waals surface area contributed by atoms with Gasteiger partial charge in [0.1, 0.15) is 23.1 Å². The number of anilines is 1. The van der Waals surface area contributed by atoms with Crippen molar-refractivity contribution in [3.8, 4) is 17.2 Å². The van der Waals surface area contributed by atoms with Crippen LogP contribution in [-0.2, 0) is 26.2 Å². The van der Waals surface area contributed by atoms with Crippen LogP contribution in [0.5, 0.6) is 5.75 Å². The van der Waals surface area contributed by atoms with E-state index >= 15 is 0 Å². The highest BCUT2D eigenvalue weighted by Gasteiger charge is 2.47. The lowest BCUT2D eigenvalue weighted by atomic mass is 10.2. The highest BCUT2D eigenvalue weighted by Crippen LogP contribution is 2.33. The average Bonchev–Trinajstić information content (AvgIpc) is 3.57. The monoisotopic (exact) mass is 585 g/mol. The summed E-state index contributed by atoms with van der Waals surface area (Å²) in [6, 6.07) is 23.6. The van der Waals surface area contributed by atoms with E-state index in [1.165, 1.54) is 55.6 Å². The lowest BCUT2D eigenvalue weighted by Gasteiger charge is -2.27. The molecular formula is C31H24FN3O6S. The van der Waals surface area contributed by atoms with Crippen LogP contribution in [0.2, 0.25) is 0 Å². The number of methoxy groups -OCH3 is 1. The Hall–Kier alpha value is -4.87. The minimum Gasteiger partial charge on any atom is -0.497 e. The molecule has 5 aromatic rings. The number of imide groups is 1. The molecule has 0 N–H and O–H groups in total. The minimum absolute atomic E-state index is 0.0770. The Labute approximate surface area is 240 Å². The van der Waals surface area contributed by atoms with Crippen LogP contribution in [0.15, 0.2) is 106 Å². The molecule has 6 rings (SSSR count). The molecule has 0 spiro atoms. The largest absolute Gasteiger partial charge is 0.497 e. The highest BCUT2D eigenvalue weighted by molar-refractivity contribution is 7.89. The number of hydrogen-bond acceptors (Lipinski definition) is 7. The number of fused-ring (bicyclic) bond motifs is 1. The van der Waals surface area contributed by atoms with Gasteiger partial charge in [-0.3, -0.25) is 9.59 Å². The fraction of sp³-hybridized carbons (Fsp3) is 0.129. The molecule has 0 saturated carbocycles. The van der Waals surface area contributed by atoms with Crippen LogP contribution in [-0.4, -0.2) is 42.7 Å². The molecule has 42 heavy (non-hydrogen) atoms. The number of halogens is 1. The Bertz CT molecular complexity index is 1860. The molecule has 9 nitrogen and oxygen atoms in total. The number of oxazole rings is 1. The zero-order valence-electron chi connectivity index (χ0n) is 22.3. The van der Waals surface area contributed by atoms with Gasteiger partial charge in [-0.25, -0.2) is 22.7 Å². The second-order valence-corrected chi connectivity index (χ2v) is 11.6. The quantitative estimate of drug-likeness (QED) is 0.231. The average molecular weight is 586 g/mol. The van der Waals surface area contributed by atoms with Gasteiger partial charge in [-0.05, 0) is 78.4 Å². The molecule has 4 aromatic carbocycles. The maximum absolute atomic E-state index is 13.9. The van der Waals surface area contributed by atoms with E-state index in [1.54, 1.807) is 30.3 Å². The Balaban J connectivity index is 1.32. The first-order chi connectivity index (χ1) is 20.2. The Kier molecular flexibility index (Phi) is 7.05. The van der Waals surface area contributed by atoms with E-state index in [1.807, 2.05) is 18.2 Å². The maximum Gasteiger partial charge on any atom is 0.252 e. The molecule has 1 aliphatic rings. The number of carbonyl (C=O) groups is 2. The Morgan fingerprint density at radius 1 is 0.952 bits per heavy atom. The number of ether oxygens (including phenoxy) is 1. The van der Waals surface area contributed by atoms with Crippen molar-refractivity contribution in [2.24, 2.45) is 0 Å². The predicted octanol–water partition coefficient (Wildman–Crippen LogP) is 5.17. The van der Waals surface area contributed by atoms with Crippen LogP contribution >= 0.6 is 0 Å². The van der Waals surface area contributed by atoms with E-state index in [2.05, 4.69) is 4.98 Å². The van der Waals surface area contributed by atoms with Crippen LogP contribution in [0.25, 0.3) is 22.6 Å². The number of rotatable bonds is 8. The van der Waals surface area contributed by atoms with Crippen molar-refractivity contribution in [1.29, 1.82) is 0 Å². The zero-order chi connectivity index (χ0) is 29.4. The van der Waals surface area contributed by atoms with E-state index < -0.39 is 33.7 Å². The lowest BCUT2D eigenvalue weighted by Crippen LogP contribution is -2.45. The van der Waals surface area contributed by atoms with Crippen LogP contribution in [0, 0.1) is 5.82 Å². The number of benzene rings is 4. The first-order valence-electron chi connectivity index (χ1n) is 13.0. The normalized spacial score (nSPS) is 15.6. The Morgan fingerprint density at radius 3 is 2.31 bits per heavy atom. The number of hydrogen-bond donors (Lipinski definition) is 0. The minimum atomic E-state index is -4.27. The second kappa shape index (κ2) is 10.8. The van der Waals surface area contributed by atoms with Crippen molar-refractivity contribution in [1.82, 2.24) is 9.29 Å². The molecule has 0 radical (unpaired) electrons. The van der Waals surface area contributed by atoms with Crippen molar-refractivity contribution < 1.29 is 31.6 Å². The smallest absolute Gasteiger partial charge is 0.252 e. The van der Waals surface area contributed by atoms with Crippen molar-refractivity contribution in [3.05, 3.63) is 108 Å². The van der Waals surface area contributed by atoms with Gasteiger partial charge in [-0.15, -0.1) is 0 Å². The van der Waals surface area contributed by atoms with E-state index in [-0.39, 0.29) is 23.5 Å². The molecule has 1 fully saturated rings. The summed E-state index contributed by atoms with van der Waals surface area (Å²) in [4.78, 5) is 32.3. The van der Waals surface area contributed by atoms with Crippen molar-refractivity contribution in [2.75, 3.05) is 12.0 Å². The van der Waals surface area contributed by atoms with Crippen molar-refractivity contribution in [3.63, 3.8) is 0 Å². The zero-order valence-corrected chi connectivity index (χ0v) is 23.1. The number of para-hydroxylation sites is 2. The molecule has 1 atom stereocenters. The van der Waals surface area contributed by atoms with E-state index in [0.717, 1.165) is 9.21 Å². The predicted molar refractivity (Wildman–Crippen MR) is 152 cm³/mol. The first kappa shape index (κ1) is 27.3. The van der Waals surface area contributed by atoms with Gasteiger partial charge in [0.05, 0.1) is 24.1 Å². The summed E-state index contributed by atoms with van der Waals surface area (Å²) in [5.74, 6) is -0.875. The number of aromatic nitrogens is 1. The lowest BCUT2D eigenvalue weighted by molar-refractivity contribution is -0.122. The first-order valence-corrected chi connectivity index (χ1v) is 14.4. The van der Waals surface area contributed by atoms with E-state index in [0.29, 0.717) is 33.9 Å². The third-order valence-electron chi connectivity index (χ3n) is 7.05. The molecule has 2 heterocycles. The molecular weight excluding hydrogens is 561 g/mol. The summed E-state index contributed by atoms with van der Waals surface area (Å²) in [6.45, 7) is -0.247. The van der Waals surface area contributed by atoms with Gasteiger partial charge >= 0.3 is 0 Å². The van der Waals surface area contributed by atoms with Gasteiger partial charge in [0.25, 0.3) is 5.91 Å². The van der Waals surface area contributed by atoms with E-state index in [9.17, 15) is 22.4 Å². The standard InChI is InChI=1S/C31H24FN3O6S/c1-40-24-14-16-25(17-15-24)42(38,39)34(19-20-6-10-22(32)11-7-20)27-18-29(36)35(31(27)37)23-12-8-21(9-13-23)30-33-26-4-2-3-5-28(26)41-30/h2-17,27H,18-19H2,1H3. The van der Waals surface area contributed by atoms with E-state index in [4.69, 9.17) is 9.15 Å². The topological polar surface area (TPSA) is 110 Å². The molecule has 1 saturated heterocycles. The van der Waals surface area contributed by atoms with Crippen LogP contribution in [0.1, 0.15) is 12.0 Å². The fourth-order valence-corrected chi connectivity index (χ4v) is 6.45. The summed E-state index contributed by atoms with van der Waals surface area (Å²) in [5, 5.41) is 0. The van der Waals surface area contributed by atoms with Crippen LogP contribution < -0.4 is 9.64 Å². The van der Waals surface area contributed by atoms with Gasteiger partial charge in [0.2, 0.25) is 21.8 Å². The van der Waals surface area contributed by atoms with Crippen LogP contribution in [0.4, 0.5) is 10.1 Å². The molecule has 0 bridgehead atoms. The third kappa shape index (κ3) is 5.04. The van der Waals surface area contributed by atoms with Gasteiger partial charge < -0.3 is 9.15 Å². The molecule has 212 valence electrons. The number of carbonyl (C=O) groups excluding carboxylic acids is 2. The SMILES string of the molecule is COc1ccc(S(=O)(=O)N(Cc2ccc(F)cc2)C2CC(=O)N(c3ccc(-c4nc5ccccc5o4)cc3)C2=O)cc1. The van der Waals surface area contributed by atoms with Crippen molar-refractivity contribution >= 4 is 38.6 Å². The molecule has 2 amide bonds. The maximum atomic E-state index is 13.9. The summed E-state index contributed by atoms with van der Waals surface area (Å²) < 4.78 is 53.3. The molecule has 11 heteroatoms.